The highest BCUT2D eigenvalue weighted by molar-refractivity contribution is 5.99. The van der Waals surface area contributed by atoms with Crippen LogP contribution in [0.2, 0.25) is 0 Å². The van der Waals surface area contributed by atoms with E-state index < -0.39 is 0 Å². The van der Waals surface area contributed by atoms with Gasteiger partial charge in [-0.15, -0.1) is 0 Å². The molecule has 1 atom stereocenters. The number of hydrogen-bond acceptors (Lipinski definition) is 3. The van der Waals surface area contributed by atoms with E-state index in [2.05, 4.69) is 17.6 Å². The molecule has 1 saturated heterocycles. The maximum Gasteiger partial charge on any atom is 0.253 e. The molecule has 4 nitrogen and oxygen atoms in total. The van der Waals surface area contributed by atoms with Gasteiger partial charge in [0, 0.05) is 32.0 Å². The molecule has 1 fully saturated rings. The Morgan fingerprint density at radius 1 is 1.35 bits per heavy atom. The van der Waals surface area contributed by atoms with E-state index in [1.807, 2.05) is 24.3 Å². The van der Waals surface area contributed by atoms with Gasteiger partial charge < -0.3 is 15.4 Å². The minimum Gasteiger partial charge on any atom is -0.384 e. The molecule has 20 heavy (non-hydrogen) atoms. The molecule has 0 radical (unpaired) electrons. The van der Waals surface area contributed by atoms with Crippen molar-refractivity contribution in [2.75, 3.05) is 31.6 Å². The largest absolute Gasteiger partial charge is 0.384 e. The van der Waals surface area contributed by atoms with Crippen molar-refractivity contribution < 1.29 is 9.53 Å². The summed E-state index contributed by atoms with van der Waals surface area (Å²) in [7, 11) is 0. The van der Waals surface area contributed by atoms with Gasteiger partial charge in [-0.05, 0) is 37.3 Å². The molecule has 0 aromatic heterocycles. The number of rotatable bonds is 7. The van der Waals surface area contributed by atoms with Crippen LogP contribution >= 0.6 is 0 Å². The molecule has 0 saturated carbocycles. The van der Waals surface area contributed by atoms with Crippen molar-refractivity contribution in [1.82, 2.24) is 5.32 Å². The number of amides is 1. The normalized spacial score (nSPS) is 17.9. The van der Waals surface area contributed by atoms with E-state index >= 15 is 0 Å². The van der Waals surface area contributed by atoms with Crippen molar-refractivity contribution in [3.63, 3.8) is 0 Å². The Labute approximate surface area is 120 Å². The summed E-state index contributed by atoms with van der Waals surface area (Å²) in [6.45, 7) is 5.41. The fraction of sp³-hybridized carbons (Fsp3) is 0.562. The standard InChI is InChI=1S/C16H24N2O2/c1-2-9-17-15-6-4-3-5-14(15)16(19)18-10-7-13-8-11-20-12-13/h3-6,13,17H,2,7-12H2,1H3,(H,18,19). The van der Waals surface area contributed by atoms with E-state index in [1.165, 1.54) is 0 Å². The van der Waals surface area contributed by atoms with Crippen molar-refractivity contribution in [3.05, 3.63) is 29.8 Å². The van der Waals surface area contributed by atoms with Crippen molar-refractivity contribution in [2.45, 2.75) is 26.2 Å². The second-order valence-corrected chi connectivity index (χ2v) is 5.25. The molecular formula is C16H24N2O2. The van der Waals surface area contributed by atoms with Crippen LogP contribution in [0.3, 0.4) is 0 Å². The first-order valence-electron chi connectivity index (χ1n) is 7.50. The van der Waals surface area contributed by atoms with Crippen LogP contribution in [0, 0.1) is 5.92 Å². The zero-order valence-electron chi connectivity index (χ0n) is 12.2. The monoisotopic (exact) mass is 276 g/mol. The molecule has 0 bridgehead atoms. The Morgan fingerprint density at radius 2 is 2.20 bits per heavy atom. The SMILES string of the molecule is CCCNc1ccccc1C(=O)NCCC1CCOC1. The third-order valence-electron chi connectivity index (χ3n) is 3.60. The smallest absolute Gasteiger partial charge is 0.253 e. The molecule has 0 aliphatic carbocycles. The van der Waals surface area contributed by atoms with Crippen molar-refractivity contribution in [2.24, 2.45) is 5.92 Å². The average Bonchev–Trinajstić information content (AvgIpc) is 2.98. The third kappa shape index (κ3) is 4.23. The van der Waals surface area contributed by atoms with Crippen LogP contribution in [0.4, 0.5) is 5.69 Å². The van der Waals surface area contributed by atoms with E-state index in [-0.39, 0.29) is 5.91 Å². The first kappa shape index (κ1) is 14.9. The third-order valence-corrected chi connectivity index (χ3v) is 3.60. The van der Waals surface area contributed by atoms with Crippen LogP contribution in [0.1, 0.15) is 36.5 Å². The van der Waals surface area contributed by atoms with Crippen molar-refractivity contribution in [1.29, 1.82) is 0 Å². The van der Waals surface area contributed by atoms with Gasteiger partial charge in [0.2, 0.25) is 0 Å². The molecule has 1 aliphatic heterocycles. The number of carbonyl (C=O) groups is 1. The number of nitrogens with one attached hydrogen (secondary N) is 2. The molecule has 4 heteroatoms. The predicted molar refractivity (Wildman–Crippen MR) is 81.1 cm³/mol. The van der Waals surface area contributed by atoms with Gasteiger partial charge in [-0.2, -0.15) is 0 Å². The summed E-state index contributed by atoms with van der Waals surface area (Å²) in [6, 6.07) is 7.67. The van der Waals surface area contributed by atoms with Gasteiger partial charge in [0.1, 0.15) is 0 Å². The fourth-order valence-electron chi connectivity index (χ4n) is 2.39. The van der Waals surface area contributed by atoms with Gasteiger partial charge in [-0.1, -0.05) is 19.1 Å². The first-order chi connectivity index (χ1) is 9.81. The van der Waals surface area contributed by atoms with Crippen LogP contribution in [0.15, 0.2) is 24.3 Å². The van der Waals surface area contributed by atoms with Crippen molar-refractivity contribution in [3.8, 4) is 0 Å². The highest BCUT2D eigenvalue weighted by atomic mass is 16.5. The summed E-state index contributed by atoms with van der Waals surface area (Å²) in [5, 5.41) is 6.30. The van der Waals surface area contributed by atoms with Crippen LogP contribution in [-0.2, 0) is 4.74 Å². The van der Waals surface area contributed by atoms with Crippen molar-refractivity contribution >= 4 is 11.6 Å². The number of anilines is 1. The zero-order chi connectivity index (χ0) is 14.2. The zero-order valence-corrected chi connectivity index (χ0v) is 12.2. The number of carbonyl (C=O) groups excluding carboxylic acids is 1. The number of para-hydroxylation sites is 1. The first-order valence-corrected chi connectivity index (χ1v) is 7.50. The minimum absolute atomic E-state index is 0.00289. The highest BCUT2D eigenvalue weighted by Gasteiger charge is 2.16. The van der Waals surface area contributed by atoms with Crippen LogP contribution in [0.5, 0.6) is 0 Å². The number of benzene rings is 1. The Balaban J connectivity index is 1.84. The van der Waals surface area contributed by atoms with Gasteiger partial charge in [-0.25, -0.2) is 0 Å². The van der Waals surface area contributed by atoms with Gasteiger partial charge in [-0.3, -0.25) is 4.79 Å². The van der Waals surface area contributed by atoms with Gasteiger partial charge in [0.25, 0.3) is 5.91 Å². The Kier molecular flexibility index (Phi) is 5.87. The molecule has 1 heterocycles. The molecule has 110 valence electrons. The number of ether oxygens (including phenoxy) is 1. The van der Waals surface area contributed by atoms with Gasteiger partial charge in [0.05, 0.1) is 5.56 Å². The lowest BCUT2D eigenvalue weighted by Gasteiger charge is -2.12. The maximum absolute atomic E-state index is 12.2. The maximum atomic E-state index is 12.2. The molecule has 2 N–H and O–H groups in total. The fourth-order valence-corrected chi connectivity index (χ4v) is 2.39. The lowest BCUT2D eigenvalue weighted by molar-refractivity contribution is 0.0951. The second kappa shape index (κ2) is 7.90. The molecule has 1 aromatic rings. The molecule has 1 unspecified atom stereocenters. The van der Waals surface area contributed by atoms with E-state index in [0.717, 1.165) is 56.8 Å². The second-order valence-electron chi connectivity index (χ2n) is 5.25. The molecular weight excluding hydrogens is 252 g/mol. The summed E-state index contributed by atoms with van der Waals surface area (Å²) < 4.78 is 5.34. The van der Waals surface area contributed by atoms with E-state index in [1.54, 1.807) is 0 Å². The van der Waals surface area contributed by atoms with Crippen LogP contribution in [0.25, 0.3) is 0 Å². The quantitative estimate of drug-likeness (QED) is 0.805. The Hall–Kier alpha value is -1.55. The molecule has 1 aliphatic rings. The van der Waals surface area contributed by atoms with E-state index in [4.69, 9.17) is 4.74 Å². The lowest BCUT2D eigenvalue weighted by Crippen LogP contribution is -2.27. The molecule has 1 amide bonds. The Morgan fingerprint density at radius 3 is 2.95 bits per heavy atom. The minimum atomic E-state index is 0.00289. The Bertz CT molecular complexity index is 428. The summed E-state index contributed by atoms with van der Waals surface area (Å²) in [4.78, 5) is 12.2. The lowest BCUT2D eigenvalue weighted by atomic mass is 10.1. The molecule has 2 rings (SSSR count). The van der Waals surface area contributed by atoms with Crippen LogP contribution in [-0.4, -0.2) is 32.2 Å². The van der Waals surface area contributed by atoms with Gasteiger partial charge >= 0.3 is 0 Å². The summed E-state index contributed by atoms with van der Waals surface area (Å²) >= 11 is 0. The summed E-state index contributed by atoms with van der Waals surface area (Å²) in [5.41, 5.74) is 1.64. The number of hydrogen-bond donors (Lipinski definition) is 2. The topological polar surface area (TPSA) is 50.4 Å². The molecule has 1 aromatic carbocycles. The molecule has 0 spiro atoms. The van der Waals surface area contributed by atoms with Crippen LogP contribution < -0.4 is 10.6 Å². The van der Waals surface area contributed by atoms with E-state index in [9.17, 15) is 4.79 Å². The highest BCUT2D eigenvalue weighted by Crippen LogP contribution is 2.17. The van der Waals surface area contributed by atoms with E-state index in [0.29, 0.717) is 5.92 Å². The average molecular weight is 276 g/mol. The predicted octanol–water partition coefficient (Wildman–Crippen LogP) is 2.66. The van der Waals surface area contributed by atoms with Gasteiger partial charge in [0.15, 0.2) is 0 Å². The summed E-state index contributed by atoms with van der Waals surface area (Å²) in [6.07, 6.45) is 3.15. The summed E-state index contributed by atoms with van der Waals surface area (Å²) in [5.74, 6) is 0.604.